The number of benzene rings is 1. The summed E-state index contributed by atoms with van der Waals surface area (Å²) >= 11 is 0. The summed E-state index contributed by atoms with van der Waals surface area (Å²) in [6, 6.07) is 7.03. The molecule has 45 heavy (non-hydrogen) atoms. The fourth-order valence-electron chi connectivity index (χ4n) is 4.48. The summed E-state index contributed by atoms with van der Waals surface area (Å²) in [6.07, 6.45) is 31.7. The van der Waals surface area contributed by atoms with Crippen LogP contribution in [-0.4, -0.2) is 35.8 Å². The van der Waals surface area contributed by atoms with Gasteiger partial charge in [0.1, 0.15) is 0 Å². The molecule has 0 spiro atoms. The van der Waals surface area contributed by atoms with E-state index in [2.05, 4.69) is 41.5 Å². The van der Waals surface area contributed by atoms with Crippen LogP contribution in [0.3, 0.4) is 0 Å². The van der Waals surface area contributed by atoms with Crippen molar-refractivity contribution in [1.29, 1.82) is 0 Å². The monoisotopic (exact) mass is 736 g/mol. The van der Waals surface area contributed by atoms with Crippen molar-refractivity contribution in [2.45, 2.75) is 195 Å². The zero-order valence-corrected chi connectivity index (χ0v) is 33.1. The molecule has 0 heterocycles. The van der Waals surface area contributed by atoms with Gasteiger partial charge in [0, 0.05) is 11.5 Å². The summed E-state index contributed by atoms with van der Waals surface area (Å²) in [5.41, 5.74) is 1.21. The Morgan fingerprint density at radius 1 is 0.533 bits per heavy atom. The number of rotatable bonds is 25. The molecule has 0 aliphatic rings. The van der Waals surface area contributed by atoms with Crippen LogP contribution in [0.1, 0.15) is 204 Å². The van der Waals surface area contributed by atoms with Gasteiger partial charge >= 0.3 is 23.9 Å². The van der Waals surface area contributed by atoms with Gasteiger partial charge in [-0.15, -0.1) is 0 Å². The molecule has 0 saturated carbocycles. The summed E-state index contributed by atoms with van der Waals surface area (Å²) < 4.78 is 0. The second-order valence-corrected chi connectivity index (χ2v) is 11.9. The Bertz CT molecular complexity index is 699. The molecule has 0 aromatic heterocycles. The summed E-state index contributed by atoms with van der Waals surface area (Å²) in [6.45, 7) is 15.8. The summed E-state index contributed by atoms with van der Waals surface area (Å²) in [5.74, 6) is -1.98. The molecule has 260 valence electrons. The molecule has 4 nitrogen and oxygen atoms in total. The number of aromatic carboxylic acids is 1. The van der Waals surface area contributed by atoms with E-state index in [1.165, 1.54) is 116 Å². The SMILES string of the molecule is CCCCCCCCCCCCCCCCCCCCC(=O)[O-].CCCCc1ccccc1C(=O)[O-].[CH2]CCC.[CH2]CCC.[Sn+2]. The van der Waals surface area contributed by atoms with Crippen molar-refractivity contribution in [2.75, 3.05) is 0 Å². The van der Waals surface area contributed by atoms with Gasteiger partial charge in [0.05, 0.1) is 5.97 Å². The molecular formula is C40H72O4Sn. The molecule has 0 atom stereocenters. The molecule has 1 aromatic rings. The fraction of sp³-hybridized carbons (Fsp3) is 0.750. The molecule has 1 rings (SSSR count). The van der Waals surface area contributed by atoms with Gasteiger partial charge in [-0.25, -0.2) is 0 Å². The third-order valence-electron chi connectivity index (χ3n) is 7.48. The molecule has 0 N–H and O–H groups in total. The van der Waals surface area contributed by atoms with E-state index in [4.69, 9.17) is 0 Å². The number of hydrogen-bond acceptors (Lipinski definition) is 4. The molecule has 4 radical (unpaired) electrons. The van der Waals surface area contributed by atoms with E-state index < -0.39 is 11.9 Å². The van der Waals surface area contributed by atoms with Crippen molar-refractivity contribution in [3.05, 3.63) is 49.2 Å². The summed E-state index contributed by atoms with van der Waals surface area (Å²) in [7, 11) is 0. The Hall–Kier alpha value is -1.04. The number of carboxylic acids is 2. The normalized spacial score (nSPS) is 9.82. The minimum Gasteiger partial charge on any atom is -0.550 e. The smallest absolute Gasteiger partial charge is 0.550 e. The van der Waals surface area contributed by atoms with Crippen molar-refractivity contribution in [1.82, 2.24) is 0 Å². The molecule has 0 saturated heterocycles. The van der Waals surface area contributed by atoms with Gasteiger partial charge in [-0.2, -0.15) is 0 Å². The Kier molecular flexibility index (Phi) is 50.9. The topological polar surface area (TPSA) is 80.3 Å². The van der Waals surface area contributed by atoms with Crippen LogP contribution >= 0.6 is 0 Å². The van der Waals surface area contributed by atoms with Crippen LogP contribution in [0.5, 0.6) is 0 Å². The predicted octanol–water partition coefficient (Wildman–Crippen LogP) is 10.4. The van der Waals surface area contributed by atoms with Crippen molar-refractivity contribution in [2.24, 2.45) is 0 Å². The molecule has 0 aliphatic heterocycles. The molecule has 1 aromatic carbocycles. The zero-order valence-electron chi connectivity index (χ0n) is 30.2. The summed E-state index contributed by atoms with van der Waals surface area (Å²) in [5, 5.41) is 20.9. The second kappa shape index (κ2) is 45.1. The van der Waals surface area contributed by atoms with Crippen LogP contribution in [-0.2, 0) is 11.2 Å². The van der Waals surface area contributed by atoms with Crippen LogP contribution in [0.2, 0.25) is 0 Å². The van der Waals surface area contributed by atoms with Crippen LogP contribution in [0.25, 0.3) is 0 Å². The molecule has 0 amide bonds. The Morgan fingerprint density at radius 3 is 1.18 bits per heavy atom. The molecule has 0 unspecified atom stereocenters. The minimum absolute atomic E-state index is 0. The van der Waals surface area contributed by atoms with Gasteiger partial charge in [-0.3, -0.25) is 0 Å². The van der Waals surface area contributed by atoms with Gasteiger partial charge in [-0.05, 0) is 31.2 Å². The van der Waals surface area contributed by atoms with E-state index in [0.717, 1.165) is 50.5 Å². The maximum absolute atomic E-state index is 10.7. The Morgan fingerprint density at radius 2 is 0.867 bits per heavy atom. The van der Waals surface area contributed by atoms with Crippen molar-refractivity contribution in [3.63, 3.8) is 0 Å². The number of carbonyl (C=O) groups excluding carboxylic acids is 2. The zero-order chi connectivity index (χ0) is 33.5. The fourth-order valence-corrected chi connectivity index (χ4v) is 4.48. The maximum Gasteiger partial charge on any atom is 2.00 e. The first-order valence-electron chi connectivity index (χ1n) is 18.4. The van der Waals surface area contributed by atoms with Crippen LogP contribution in [0, 0.1) is 13.8 Å². The molecule has 0 bridgehead atoms. The van der Waals surface area contributed by atoms with Crippen LogP contribution in [0.4, 0.5) is 0 Å². The summed E-state index contributed by atoms with van der Waals surface area (Å²) in [4.78, 5) is 20.9. The Balaban J connectivity index is -0.000000318. The van der Waals surface area contributed by atoms with E-state index >= 15 is 0 Å². The number of hydrogen-bond donors (Lipinski definition) is 0. The first-order valence-corrected chi connectivity index (χ1v) is 18.4. The van der Waals surface area contributed by atoms with E-state index in [1.54, 1.807) is 12.1 Å². The standard InChI is InChI=1S/C21H42O2.C11H14O2.2C4H9.Sn/c1-2-3-4-5-6-7-8-9-10-11-12-13-14-15-16-17-18-19-20-21(22)23;1-2-3-6-9-7-4-5-8-10(9)11(12)13;2*1-3-4-2;/h2-20H2,1H3,(H,22,23);4-5,7-8H,2-3,6H2,1H3,(H,12,13);2*1,3-4H2,2H3;/q;;;;+2/p-2. The first kappa shape index (κ1) is 50.8. The average Bonchev–Trinajstić information content (AvgIpc) is 3.03. The van der Waals surface area contributed by atoms with Gasteiger partial charge in [-0.1, -0.05) is 207 Å². The van der Waals surface area contributed by atoms with Crippen molar-refractivity contribution < 1.29 is 19.8 Å². The quantitative estimate of drug-likeness (QED) is 0.0740. The molecule has 5 heteroatoms. The first-order chi connectivity index (χ1) is 21.4. The maximum atomic E-state index is 10.7. The second-order valence-electron chi connectivity index (χ2n) is 11.9. The van der Waals surface area contributed by atoms with Crippen LogP contribution < -0.4 is 10.2 Å². The minimum atomic E-state index is -1.08. The number of unbranched alkanes of at least 4 members (excludes halogenated alkanes) is 20. The molecule has 0 aliphatic carbocycles. The number of aliphatic carboxylic acids is 1. The largest absolute Gasteiger partial charge is 2.00 e. The van der Waals surface area contributed by atoms with E-state index in [9.17, 15) is 19.8 Å². The average molecular weight is 736 g/mol. The molecular weight excluding hydrogens is 663 g/mol. The van der Waals surface area contributed by atoms with E-state index in [-0.39, 0.29) is 30.3 Å². The number of carbonyl (C=O) groups is 2. The molecule has 0 fully saturated rings. The van der Waals surface area contributed by atoms with Gasteiger partial charge in [0.2, 0.25) is 0 Å². The van der Waals surface area contributed by atoms with Gasteiger partial charge in [0.15, 0.2) is 0 Å². The van der Waals surface area contributed by atoms with E-state index in [0.29, 0.717) is 5.56 Å². The van der Waals surface area contributed by atoms with E-state index in [1.807, 2.05) is 12.1 Å². The van der Waals surface area contributed by atoms with Gasteiger partial charge in [0.25, 0.3) is 0 Å². The number of aryl methyl sites for hydroxylation is 1. The van der Waals surface area contributed by atoms with Crippen molar-refractivity contribution >= 4 is 35.8 Å². The van der Waals surface area contributed by atoms with Crippen LogP contribution in [0.15, 0.2) is 24.3 Å². The third kappa shape index (κ3) is 45.1. The third-order valence-corrected chi connectivity index (χ3v) is 7.48. The Labute approximate surface area is 298 Å². The van der Waals surface area contributed by atoms with Gasteiger partial charge < -0.3 is 19.8 Å². The predicted molar refractivity (Wildman–Crippen MR) is 194 cm³/mol. The number of carboxylic acid groups (broad SMARTS) is 2. The van der Waals surface area contributed by atoms with Crippen molar-refractivity contribution in [3.8, 4) is 0 Å².